The maximum atomic E-state index is 12.9. The molecule has 0 spiro atoms. The first-order valence-corrected chi connectivity index (χ1v) is 10.1. The zero-order valence-corrected chi connectivity index (χ0v) is 17.1. The highest BCUT2D eigenvalue weighted by molar-refractivity contribution is 7.96. The molecule has 3 rings (SSSR count). The number of sulfonamides is 1. The minimum Gasteiger partial charge on any atom is -0.481 e. The first-order chi connectivity index (χ1) is 13.9. The number of nitrogens with zero attached hydrogens (tertiary/aromatic N) is 4. The van der Waals surface area contributed by atoms with E-state index in [2.05, 4.69) is 20.3 Å². The largest absolute Gasteiger partial charge is 0.481 e. The number of hydrogen-bond acceptors (Lipinski definition) is 10. The van der Waals surface area contributed by atoms with Gasteiger partial charge in [-0.3, -0.25) is 9.72 Å². The van der Waals surface area contributed by atoms with Crippen LogP contribution >= 0.6 is 12.0 Å². The average molecular weight is 440 g/mol. The van der Waals surface area contributed by atoms with Gasteiger partial charge in [-0.25, -0.2) is 14.5 Å². The van der Waals surface area contributed by atoms with Gasteiger partial charge in [0.25, 0.3) is 10.0 Å². The summed E-state index contributed by atoms with van der Waals surface area (Å²) in [7, 11) is -0.212. The Morgan fingerprint density at radius 2 is 1.79 bits per heavy atom. The van der Waals surface area contributed by atoms with Crippen LogP contribution in [0.5, 0.6) is 11.8 Å². The molecular formula is C15H16N6O6S2. The Morgan fingerprint density at radius 1 is 1.10 bits per heavy atom. The molecule has 2 N–H and O–H groups in total. The maximum Gasteiger partial charge on any atom is 0.335 e. The van der Waals surface area contributed by atoms with Crippen molar-refractivity contribution in [1.82, 2.24) is 24.1 Å². The number of pyridine rings is 1. The second-order valence-electron chi connectivity index (χ2n) is 5.24. The third-order valence-electron chi connectivity index (χ3n) is 3.42. The third kappa shape index (κ3) is 4.49. The molecule has 154 valence electrons. The lowest BCUT2D eigenvalue weighted by atomic mass is 10.5. The second-order valence-corrected chi connectivity index (χ2v) is 7.72. The molecule has 0 aromatic carbocycles. The maximum absolute atomic E-state index is 12.9. The molecule has 0 unspecified atom stereocenters. The predicted molar refractivity (Wildman–Crippen MR) is 103 cm³/mol. The van der Waals surface area contributed by atoms with Gasteiger partial charge >= 0.3 is 6.03 Å². The summed E-state index contributed by atoms with van der Waals surface area (Å²) in [5, 5.41) is 2.05. The van der Waals surface area contributed by atoms with Crippen molar-refractivity contribution in [2.75, 3.05) is 26.6 Å². The highest BCUT2D eigenvalue weighted by Crippen LogP contribution is 2.27. The smallest absolute Gasteiger partial charge is 0.335 e. The summed E-state index contributed by atoms with van der Waals surface area (Å²) in [6.45, 7) is 0. The van der Waals surface area contributed by atoms with Gasteiger partial charge in [-0.1, -0.05) is 6.07 Å². The Bertz CT molecular complexity index is 1130. The molecule has 0 aliphatic rings. The van der Waals surface area contributed by atoms with Gasteiger partial charge < -0.3 is 13.7 Å². The standard InChI is InChI=1S/C15H16N6O6S2/c1-25-10-8-11(26-2)18-14(17-10)19-15(22)20-29(23,24)13-12(28-27-3)16-9-6-4-5-7-21(9)13/h4-8H,1-3H3,(H2,17,18,19,20,22). The molecule has 0 aliphatic heterocycles. The number of aromatic nitrogens is 4. The number of imidazole rings is 1. The van der Waals surface area contributed by atoms with Crippen molar-refractivity contribution < 1.29 is 26.9 Å². The monoisotopic (exact) mass is 440 g/mol. The zero-order chi connectivity index (χ0) is 21.0. The molecule has 0 saturated carbocycles. The van der Waals surface area contributed by atoms with Gasteiger partial charge in [0.2, 0.25) is 17.7 Å². The number of carbonyl (C=O) groups is 1. The SMILES string of the molecule is COSc1nc2ccccn2c1S(=O)(=O)NC(=O)Nc1nc(OC)cc(OC)n1. The van der Waals surface area contributed by atoms with Gasteiger partial charge in [-0.05, 0) is 12.1 Å². The Hall–Kier alpha value is -3.10. The summed E-state index contributed by atoms with van der Waals surface area (Å²) in [6, 6.07) is 5.26. The van der Waals surface area contributed by atoms with Gasteiger partial charge in [-0.2, -0.15) is 18.4 Å². The number of carbonyl (C=O) groups excluding carboxylic acids is 1. The van der Waals surface area contributed by atoms with Gasteiger partial charge in [0.05, 0.1) is 39.4 Å². The molecular weight excluding hydrogens is 424 g/mol. The minimum absolute atomic E-state index is 0.0679. The molecule has 0 fully saturated rings. The molecule has 0 bridgehead atoms. The quantitative estimate of drug-likeness (QED) is 0.515. The van der Waals surface area contributed by atoms with Crippen molar-refractivity contribution in [2.45, 2.75) is 10.1 Å². The van der Waals surface area contributed by atoms with E-state index in [1.165, 1.54) is 38.0 Å². The molecule has 0 atom stereocenters. The Labute approximate surface area is 169 Å². The second kappa shape index (κ2) is 8.50. The number of urea groups is 1. The predicted octanol–water partition coefficient (Wildman–Crippen LogP) is 1.31. The molecule has 2 amide bonds. The van der Waals surface area contributed by atoms with Crippen LogP contribution < -0.4 is 19.5 Å². The van der Waals surface area contributed by atoms with Crippen LogP contribution in [0.2, 0.25) is 0 Å². The first-order valence-electron chi connectivity index (χ1n) is 7.86. The topological polar surface area (TPSA) is 146 Å². The van der Waals surface area contributed by atoms with Crippen molar-refractivity contribution in [1.29, 1.82) is 0 Å². The van der Waals surface area contributed by atoms with Crippen molar-refractivity contribution in [2.24, 2.45) is 0 Å². The van der Waals surface area contributed by atoms with Crippen LogP contribution in [-0.2, 0) is 14.2 Å². The first kappa shape index (κ1) is 20.6. The lowest BCUT2D eigenvalue weighted by Crippen LogP contribution is -2.35. The van der Waals surface area contributed by atoms with Crippen LogP contribution in [0.3, 0.4) is 0 Å². The van der Waals surface area contributed by atoms with E-state index < -0.39 is 16.1 Å². The van der Waals surface area contributed by atoms with E-state index in [0.717, 1.165) is 12.0 Å². The van der Waals surface area contributed by atoms with E-state index in [-0.39, 0.29) is 27.8 Å². The van der Waals surface area contributed by atoms with Gasteiger partial charge in [-0.15, -0.1) is 0 Å². The lowest BCUT2D eigenvalue weighted by molar-refractivity contribution is 0.256. The van der Waals surface area contributed by atoms with Crippen molar-refractivity contribution >= 4 is 39.7 Å². The van der Waals surface area contributed by atoms with Gasteiger partial charge in [0.1, 0.15) is 5.65 Å². The number of ether oxygens (including phenoxy) is 2. The van der Waals surface area contributed by atoms with Gasteiger partial charge in [0.15, 0.2) is 10.1 Å². The van der Waals surface area contributed by atoms with Crippen LogP contribution in [0.25, 0.3) is 5.65 Å². The summed E-state index contributed by atoms with van der Waals surface area (Å²) in [4.78, 5) is 24.3. The summed E-state index contributed by atoms with van der Waals surface area (Å²) in [6.07, 6.45) is 1.50. The molecule has 0 aliphatic carbocycles. The number of fused-ring (bicyclic) bond motifs is 1. The molecule has 29 heavy (non-hydrogen) atoms. The Morgan fingerprint density at radius 3 is 2.41 bits per heavy atom. The third-order valence-corrected chi connectivity index (χ3v) is 5.51. The molecule has 0 saturated heterocycles. The van der Waals surface area contributed by atoms with Crippen LogP contribution in [0.15, 0.2) is 40.5 Å². The van der Waals surface area contributed by atoms with Gasteiger partial charge in [0, 0.05) is 6.20 Å². The van der Waals surface area contributed by atoms with Crippen LogP contribution in [0.1, 0.15) is 0 Å². The minimum atomic E-state index is -4.33. The van der Waals surface area contributed by atoms with E-state index in [9.17, 15) is 13.2 Å². The number of amides is 2. The fourth-order valence-corrected chi connectivity index (χ4v) is 4.27. The number of rotatable bonds is 7. The fraction of sp³-hybridized carbons (Fsp3) is 0.200. The molecule has 3 aromatic rings. The van der Waals surface area contributed by atoms with E-state index in [4.69, 9.17) is 13.7 Å². The average Bonchev–Trinajstić information content (AvgIpc) is 3.06. The van der Waals surface area contributed by atoms with E-state index in [1.807, 2.05) is 4.72 Å². The highest BCUT2D eigenvalue weighted by Gasteiger charge is 2.28. The van der Waals surface area contributed by atoms with Crippen LogP contribution in [0, 0.1) is 0 Å². The number of anilines is 1. The Balaban J connectivity index is 1.89. The highest BCUT2D eigenvalue weighted by atomic mass is 32.2. The van der Waals surface area contributed by atoms with Crippen LogP contribution in [0.4, 0.5) is 10.7 Å². The summed E-state index contributed by atoms with van der Waals surface area (Å²) >= 11 is 0.755. The van der Waals surface area contributed by atoms with E-state index in [1.54, 1.807) is 18.2 Å². The normalized spacial score (nSPS) is 11.3. The summed E-state index contributed by atoms with van der Waals surface area (Å²) < 4.78 is 43.8. The number of methoxy groups -OCH3 is 2. The molecule has 3 aromatic heterocycles. The fourth-order valence-electron chi connectivity index (χ4n) is 2.30. The molecule has 0 radical (unpaired) electrons. The summed E-state index contributed by atoms with van der Waals surface area (Å²) in [5.74, 6) is 0.0321. The van der Waals surface area contributed by atoms with E-state index in [0.29, 0.717) is 5.65 Å². The lowest BCUT2D eigenvalue weighted by Gasteiger charge is -2.10. The van der Waals surface area contributed by atoms with Crippen molar-refractivity contribution in [3.8, 4) is 11.8 Å². The molecule has 14 heteroatoms. The number of hydrogen-bond donors (Lipinski definition) is 2. The molecule has 12 nitrogen and oxygen atoms in total. The van der Waals surface area contributed by atoms with Crippen LogP contribution in [-0.4, -0.2) is 55.1 Å². The zero-order valence-electron chi connectivity index (χ0n) is 15.4. The van der Waals surface area contributed by atoms with Crippen molar-refractivity contribution in [3.05, 3.63) is 30.5 Å². The van der Waals surface area contributed by atoms with Crippen molar-refractivity contribution in [3.63, 3.8) is 0 Å². The van der Waals surface area contributed by atoms with E-state index >= 15 is 0 Å². The Kier molecular flexibility index (Phi) is 6.05. The summed E-state index contributed by atoms with van der Waals surface area (Å²) in [5.41, 5.74) is 0.369. The number of nitrogens with one attached hydrogen (secondary N) is 2. The molecule has 3 heterocycles.